The Bertz CT molecular complexity index is 960. The zero-order valence-corrected chi connectivity index (χ0v) is 14.2. The fourth-order valence-corrected chi connectivity index (χ4v) is 3.16. The molecule has 0 aliphatic carbocycles. The minimum absolute atomic E-state index is 0.0884. The minimum Gasteiger partial charge on any atom is -0.423 e. The van der Waals surface area contributed by atoms with Crippen molar-refractivity contribution in [1.82, 2.24) is 4.98 Å². The summed E-state index contributed by atoms with van der Waals surface area (Å²) < 4.78 is 0. The Morgan fingerprint density at radius 3 is 2.46 bits per heavy atom. The van der Waals surface area contributed by atoms with Crippen LogP contribution < -0.4 is 16.5 Å². The second-order valence-corrected chi connectivity index (χ2v) is 6.24. The number of hydrogen-bond acceptors (Lipinski definition) is 6. The van der Waals surface area contributed by atoms with E-state index in [-0.39, 0.29) is 22.2 Å². The summed E-state index contributed by atoms with van der Waals surface area (Å²) in [4.78, 5) is 28.5. The second-order valence-electron chi connectivity index (χ2n) is 5.34. The minimum atomic E-state index is -1.83. The Kier molecular flexibility index (Phi) is 5.12. The van der Waals surface area contributed by atoms with Gasteiger partial charge in [0.2, 0.25) is 5.91 Å². The molecule has 0 unspecified atom stereocenters. The van der Waals surface area contributed by atoms with Gasteiger partial charge in [-0.1, -0.05) is 30.3 Å². The highest BCUT2D eigenvalue weighted by Crippen LogP contribution is 2.27. The Hall–Kier alpha value is -3.01. The first-order chi connectivity index (χ1) is 12.5. The summed E-state index contributed by atoms with van der Waals surface area (Å²) in [7, 11) is -1.83. The van der Waals surface area contributed by atoms with Crippen molar-refractivity contribution in [2.75, 3.05) is 5.32 Å². The number of primary amides is 1. The fourth-order valence-electron chi connectivity index (χ4n) is 2.64. The summed E-state index contributed by atoms with van der Waals surface area (Å²) in [6, 6.07) is 11.0. The number of carbonyl (C=O) groups excluding carboxylic acids is 2. The van der Waals surface area contributed by atoms with Crippen molar-refractivity contribution in [2.24, 2.45) is 5.73 Å². The molecule has 0 spiro atoms. The highest BCUT2D eigenvalue weighted by molar-refractivity contribution is 7.13. The van der Waals surface area contributed by atoms with Crippen LogP contribution in [0.5, 0.6) is 0 Å². The van der Waals surface area contributed by atoms with E-state index in [1.54, 1.807) is 29.8 Å². The number of nitrogens with one attached hydrogen (secondary N) is 1. The van der Waals surface area contributed by atoms with Gasteiger partial charge in [-0.2, -0.15) is 0 Å². The Morgan fingerprint density at radius 1 is 1.08 bits per heavy atom. The van der Waals surface area contributed by atoms with Gasteiger partial charge in [0.05, 0.1) is 0 Å². The van der Waals surface area contributed by atoms with E-state index in [0.717, 1.165) is 0 Å². The number of hydrogen-bond donors (Lipinski definition) is 4. The topological polar surface area (TPSA) is 126 Å². The first kappa shape index (κ1) is 17.8. The molecule has 0 aliphatic rings. The lowest BCUT2D eigenvalue weighted by atomic mass is 9.73. The maximum absolute atomic E-state index is 12.7. The molecule has 3 rings (SSSR count). The molecule has 1 heterocycles. The smallest absolute Gasteiger partial charge is 0.423 e. The molecule has 0 atom stereocenters. The predicted molar refractivity (Wildman–Crippen MR) is 100 cm³/mol. The van der Waals surface area contributed by atoms with Crippen LogP contribution in [0.1, 0.15) is 20.7 Å². The summed E-state index contributed by atoms with van der Waals surface area (Å²) in [5, 5.41) is 24.3. The lowest BCUT2D eigenvalue weighted by Gasteiger charge is -2.16. The van der Waals surface area contributed by atoms with E-state index >= 15 is 0 Å². The van der Waals surface area contributed by atoms with Gasteiger partial charge in [0.15, 0.2) is 5.13 Å². The van der Waals surface area contributed by atoms with Gasteiger partial charge < -0.3 is 15.8 Å². The van der Waals surface area contributed by atoms with Gasteiger partial charge in [-0.15, -0.1) is 11.3 Å². The molecule has 0 aliphatic heterocycles. The van der Waals surface area contributed by atoms with E-state index in [2.05, 4.69) is 10.3 Å². The van der Waals surface area contributed by atoms with E-state index in [1.807, 2.05) is 0 Å². The Morgan fingerprint density at radius 2 is 1.81 bits per heavy atom. The van der Waals surface area contributed by atoms with E-state index in [0.29, 0.717) is 10.7 Å². The number of benzene rings is 2. The average molecular weight is 367 g/mol. The molecule has 3 aromatic rings. The number of rotatable bonds is 5. The Labute approximate surface area is 153 Å². The van der Waals surface area contributed by atoms with E-state index in [1.165, 1.54) is 35.6 Å². The van der Waals surface area contributed by atoms with E-state index < -0.39 is 18.9 Å². The van der Waals surface area contributed by atoms with Crippen LogP contribution in [0, 0.1) is 0 Å². The molecule has 7 nitrogen and oxygen atoms in total. The predicted octanol–water partition coefficient (Wildman–Crippen LogP) is 0.841. The van der Waals surface area contributed by atoms with Crippen LogP contribution in [0.3, 0.4) is 0 Å². The molecule has 130 valence electrons. The zero-order valence-electron chi connectivity index (χ0n) is 13.4. The fraction of sp³-hybridized carbons (Fsp3) is 0. The number of nitrogens with two attached hydrogens (primary N) is 1. The summed E-state index contributed by atoms with van der Waals surface area (Å²) in [6.07, 6.45) is 1.55. The van der Waals surface area contributed by atoms with Crippen LogP contribution in [0.15, 0.2) is 54.0 Å². The molecule has 0 fully saturated rings. The SMILES string of the molecule is NC(=O)c1ccccc1-c1c(B(O)O)cccc1C(=O)Nc1nccs1. The normalized spacial score (nSPS) is 10.4. The molecule has 5 N–H and O–H groups in total. The van der Waals surface area contributed by atoms with Gasteiger partial charge in [-0.25, -0.2) is 4.98 Å². The van der Waals surface area contributed by atoms with Gasteiger partial charge in [0, 0.05) is 22.7 Å². The third-order valence-corrected chi connectivity index (χ3v) is 4.42. The van der Waals surface area contributed by atoms with Crippen LogP contribution >= 0.6 is 11.3 Å². The Balaban J connectivity index is 2.20. The molecule has 2 aromatic carbocycles. The number of thiazole rings is 1. The molecule has 0 bridgehead atoms. The molecule has 2 amide bonds. The van der Waals surface area contributed by atoms with Crippen molar-refractivity contribution in [3.8, 4) is 11.1 Å². The van der Waals surface area contributed by atoms with Crippen molar-refractivity contribution >= 4 is 40.9 Å². The molecular weight excluding hydrogens is 353 g/mol. The first-order valence-electron chi connectivity index (χ1n) is 7.58. The summed E-state index contributed by atoms with van der Waals surface area (Å²) in [5.74, 6) is -1.18. The van der Waals surface area contributed by atoms with Gasteiger partial charge >= 0.3 is 7.12 Å². The number of aromatic nitrogens is 1. The molecule has 0 saturated carbocycles. The zero-order chi connectivity index (χ0) is 18.7. The summed E-state index contributed by atoms with van der Waals surface area (Å²) in [6.45, 7) is 0. The third kappa shape index (κ3) is 3.50. The van der Waals surface area contributed by atoms with Crippen LogP contribution in [-0.2, 0) is 0 Å². The molecule has 1 aromatic heterocycles. The number of anilines is 1. The molecule has 26 heavy (non-hydrogen) atoms. The average Bonchev–Trinajstić information content (AvgIpc) is 3.13. The maximum Gasteiger partial charge on any atom is 0.489 e. The quantitative estimate of drug-likeness (QED) is 0.498. The highest BCUT2D eigenvalue weighted by Gasteiger charge is 2.25. The van der Waals surface area contributed by atoms with Gasteiger partial charge in [-0.3, -0.25) is 14.9 Å². The van der Waals surface area contributed by atoms with Crippen LogP contribution in [0.4, 0.5) is 5.13 Å². The summed E-state index contributed by atoms with van der Waals surface area (Å²) >= 11 is 1.25. The molecule has 0 saturated heterocycles. The molecular formula is C17H14BN3O4S. The van der Waals surface area contributed by atoms with Gasteiger partial charge in [-0.05, 0) is 28.7 Å². The van der Waals surface area contributed by atoms with E-state index in [9.17, 15) is 19.6 Å². The van der Waals surface area contributed by atoms with Crippen molar-refractivity contribution in [3.05, 3.63) is 65.2 Å². The van der Waals surface area contributed by atoms with Gasteiger partial charge in [0.25, 0.3) is 5.91 Å². The van der Waals surface area contributed by atoms with Crippen LogP contribution in [0.2, 0.25) is 0 Å². The lowest BCUT2D eigenvalue weighted by molar-refractivity contribution is 0.0997. The molecule has 0 radical (unpaired) electrons. The van der Waals surface area contributed by atoms with Crippen molar-refractivity contribution < 1.29 is 19.6 Å². The monoisotopic (exact) mass is 367 g/mol. The largest absolute Gasteiger partial charge is 0.489 e. The number of amides is 2. The number of nitrogens with zero attached hydrogens (tertiary/aromatic N) is 1. The van der Waals surface area contributed by atoms with E-state index in [4.69, 9.17) is 5.73 Å². The van der Waals surface area contributed by atoms with Crippen molar-refractivity contribution in [3.63, 3.8) is 0 Å². The first-order valence-corrected chi connectivity index (χ1v) is 8.46. The lowest BCUT2D eigenvalue weighted by Crippen LogP contribution is -2.34. The molecule has 9 heteroatoms. The third-order valence-electron chi connectivity index (χ3n) is 3.73. The highest BCUT2D eigenvalue weighted by atomic mass is 32.1. The second kappa shape index (κ2) is 7.48. The standard InChI is InChI=1S/C17H14BN3O4S/c19-15(22)11-5-2-1-4-10(11)14-12(6-3-7-13(14)18(24)25)16(23)21-17-20-8-9-26-17/h1-9,24-25H,(H2,19,22)(H,20,21,23). The van der Waals surface area contributed by atoms with Crippen LogP contribution in [-0.4, -0.2) is 34.0 Å². The maximum atomic E-state index is 12.7. The number of carbonyl (C=O) groups is 2. The summed E-state index contributed by atoms with van der Waals surface area (Å²) in [5.41, 5.74) is 6.43. The van der Waals surface area contributed by atoms with Crippen molar-refractivity contribution in [2.45, 2.75) is 0 Å². The van der Waals surface area contributed by atoms with Crippen molar-refractivity contribution in [1.29, 1.82) is 0 Å². The van der Waals surface area contributed by atoms with Gasteiger partial charge in [0.1, 0.15) is 0 Å². The van der Waals surface area contributed by atoms with Crippen LogP contribution in [0.25, 0.3) is 11.1 Å².